The van der Waals surface area contributed by atoms with E-state index in [0.717, 1.165) is 22.0 Å². The lowest BCUT2D eigenvalue weighted by atomic mass is 10.0. The van der Waals surface area contributed by atoms with Crippen molar-refractivity contribution in [1.82, 2.24) is 4.98 Å². The van der Waals surface area contributed by atoms with Crippen molar-refractivity contribution < 1.29 is 14.3 Å². The van der Waals surface area contributed by atoms with Gasteiger partial charge in [0.15, 0.2) is 11.5 Å². The maximum atomic E-state index is 12.9. The molecular weight excluding hydrogens is 387 g/mol. The number of aromatic nitrogens is 1. The predicted octanol–water partition coefficient (Wildman–Crippen LogP) is 5.22. The van der Waals surface area contributed by atoms with E-state index in [2.05, 4.69) is 10.3 Å². The normalized spacial score (nSPS) is 12.0. The molecule has 1 aliphatic heterocycles. The number of rotatable bonds is 2. The monoisotopic (exact) mass is 404 g/mol. The molecule has 27 heavy (non-hydrogen) atoms. The second-order valence-electron chi connectivity index (χ2n) is 6.34. The van der Waals surface area contributed by atoms with Crippen molar-refractivity contribution >= 4 is 46.5 Å². The maximum absolute atomic E-state index is 12.9. The lowest BCUT2D eigenvalue weighted by molar-refractivity contribution is 0.102. The molecule has 2 aromatic carbocycles. The highest BCUT2D eigenvalue weighted by atomic mass is 35.5. The van der Waals surface area contributed by atoms with Crippen molar-refractivity contribution in [3.63, 3.8) is 0 Å². The summed E-state index contributed by atoms with van der Waals surface area (Å²) in [6.07, 6.45) is 0. The van der Waals surface area contributed by atoms with Crippen LogP contribution in [0.5, 0.6) is 11.5 Å². The van der Waals surface area contributed by atoms with Crippen LogP contribution in [-0.4, -0.2) is 17.7 Å². The van der Waals surface area contributed by atoms with Gasteiger partial charge in [-0.05, 0) is 50.1 Å². The lowest BCUT2D eigenvalue weighted by Crippen LogP contribution is -2.16. The minimum absolute atomic E-state index is 0. The average molecular weight is 405 g/mol. The zero-order valence-electron chi connectivity index (χ0n) is 15.1. The molecule has 0 atom stereocenters. The van der Waals surface area contributed by atoms with E-state index in [1.807, 2.05) is 45.0 Å². The molecule has 0 fully saturated rings. The third-order valence-corrected chi connectivity index (χ3v) is 4.98. The Morgan fingerprint density at radius 2 is 1.81 bits per heavy atom. The minimum atomic E-state index is -0.216. The van der Waals surface area contributed by atoms with Crippen LogP contribution in [0.15, 0.2) is 30.3 Å². The van der Waals surface area contributed by atoms with E-state index in [-0.39, 0.29) is 25.1 Å². The molecular formula is C20H18Cl2N2O3. The van der Waals surface area contributed by atoms with Crippen LogP contribution in [0.3, 0.4) is 0 Å². The Labute approximate surface area is 168 Å². The number of hydrogen-bond donors (Lipinski definition) is 1. The second kappa shape index (κ2) is 7.25. The first kappa shape index (κ1) is 19.3. The fourth-order valence-corrected chi connectivity index (χ4v) is 3.35. The zero-order valence-corrected chi connectivity index (χ0v) is 16.6. The minimum Gasteiger partial charge on any atom is -0.454 e. The summed E-state index contributed by atoms with van der Waals surface area (Å²) >= 11 is 6.15. The molecule has 0 aliphatic carbocycles. The Hall–Kier alpha value is -2.50. The number of amides is 1. The van der Waals surface area contributed by atoms with Gasteiger partial charge >= 0.3 is 0 Å². The SMILES string of the molecule is Cc1ccc(NC(=O)c2c(C)nc3cc4c(cc3c2C)OCO4)cc1Cl.Cl. The largest absolute Gasteiger partial charge is 0.454 e. The summed E-state index contributed by atoms with van der Waals surface area (Å²) in [5.74, 6) is 1.13. The van der Waals surface area contributed by atoms with Gasteiger partial charge in [0.05, 0.1) is 16.8 Å². The van der Waals surface area contributed by atoms with E-state index in [4.69, 9.17) is 21.1 Å². The highest BCUT2D eigenvalue weighted by molar-refractivity contribution is 6.31. The van der Waals surface area contributed by atoms with Gasteiger partial charge in [-0.25, -0.2) is 0 Å². The number of carbonyl (C=O) groups is 1. The topological polar surface area (TPSA) is 60.5 Å². The van der Waals surface area contributed by atoms with Crippen molar-refractivity contribution in [3.8, 4) is 11.5 Å². The van der Waals surface area contributed by atoms with Gasteiger partial charge in [-0.3, -0.25) is 9.78 Å². The number of pyridine rings is 1. The van der Waals surface area contributed by atoms with Gasteiger partial charge in [-0.15, -0.1) is 12.4 Å². The molecule has 1 aliphatic rings. The smallest absolute Gasteiger partial charge is 0.257 e. The Morgan fingerprint density at radius 1 is 1.11 bits per heavy atom. The molecule has 0 unspecified atom stereocenters. The lowest BCUT2D eigenvalue weighted by Gasteiger charge is -2.13. The van der Waals surface area contributed by atoms with Crippen LogP contribution < -0.4 is 14.8 Å². The van der Waals surface area contributed by atoms with Crippen molar-refractivity contribution in [2.45, 2.75) is 20.8 Å². The first-order valence-corrected chi connectivity index (χ1v) is 8.60. The fraction of sp³-hybridized carbons (Fsp3) is 0.200. The van der Waals surface area contributed by atoms with E-state index in [0.29, 0.717) is 33.5 Å². The van der Waals surface area contributed by atoms with Crippen LogP contribution in [0.2, 0.25) is 5.02 Å². The number of hydrogen-bond acceptors (Lipinski definition) is 4. The molecule has 0 saturated heterocycles. The molecule has 1 N–H and O–H groups in total. The Balaban J connectivity index is 0.00000210. The van der Waals surface area contributed by atoms with E-state index >= 15 is 0 Å². The molecule has 4 rings (SSSR count). The highest BCUT2D eigenvalue weighted by Crippen LogP contribution is 2.37. The van der Waals surface area contributed by atoms with Gasteiger partial charge in [0.2, 0.25) is 6.79 Å². The molecule has 3 aromatic rings. The van der Waals surface area contributed by atoms with E-state index in [1.54, 1.807) is 6.07 Å². The maximum Gasteiger partial charge on any atom is 0.257 e. The summed E-state index contributed by atoms with van der Waals surface area (Å²) in [5, 5.41) is 4.38. The number of halogens is 2. The first-order valence-electron chi connectivity index (χ1n) is 8.22. The predicted molar refractivity (Wildman–Crippen MR) is 109 cm³/mol. The molecule has 1 aromatic heterocycles. The number of nitrogens with one attached hydrogen (secondary N) is 1. The molecule has 0 radical (unpaired) electrons. The van der Waals surface area contributed by atoms with E-state index in [1.165, 1.54) is 0 Å². The summed E-state index contributed by atoms with van der Waals surface area (Å²) in [4.78, 5) is 17.5. The van der Waals surface area contributed by atoms with Gasteiger partial charge in [0.25, 0.3) is 5.91 Å². The number of ether oxygens (including phenoxy) is 2. The Morgan fingerprint density at radius 3 is 2.52 bits per heavy atom. The van der Waals surface area contributed by atoms with Crippen LogP contribution in [0.25, 0.3) is 10.9 Å². The average Bonchev–Trinajstić information content (AvgIpc) is 3.04. The highest BCUT2D eigenvalue weighted by Gasteiger charge is 2.21. The number of fused-ring (bicyclic) bond motifs is 2. The molecule has 7 heteroatoms. The van der Waals surface area contributed by atoms with Gasteiger partial charge in [0, 0.05) is 22.2 Å². The van der Waals surface area contributed by atoms with Gasteiger partial charge in [-0.2, -0.15) is 0 Å². The van der Waals surface area contributed by atoms with Crippen LogP contribution in [0.1, 0.15) is 27.2 Å². The molecule has 0 saturated carbocycles. The Kier molecular flexibility index (Phi) is 5.18. The number of benzene rings is 2. The van der Waals surface area contributed by atoms with Crippen LogP contribution >= 0.6 is 24.0 Å². The molecule has 5 nitrogen and oxygen atoms in total. The number of nitrogens with zero attached hydrogens (tertiary/aromatic N) is 1. The first-order chi connectivity index (χ1) is 12.4. The van der Waals surface area contributed by atoms with Crippen molar-refractivity contribution in [1.29, 1.82) is 0 Å². The summed E-state index contributed by atoms with van der Waals surface area (Å²) in [5.41, 5.74) is 4.44. The van der Waals surface area contributed by atoms with E-state index < -0.39 is 0 Å². The summed E-state index contributed by atoms with van der Waals surface area (Å²) in [7, 11) is 0. The molecule has 0 bridgehead atoms. The molecule has 2 heterocycles. The molecule has 0 spiro atoms. The van der Waals surface area contributed by atoms with Crippen molar-refractivity contribution in [3.05, 3.63) is 57.7 Å². The van der Waals surface area contributed by atoms with Crippen molar-refractivity contribution in [2.75, 3.05) is 12.1 Å². The summed E-state index contributed by atoms with van der Waals surface area (Å²) in [6, 6.07) is 9.16. The van der Waals surface area contributed by atoms with Crippen LogP contribution in [0.4, 0.5) is 5.69 Å². The molecule has 1 amide bonds. The third-order valence-electron chi connectivity index (χ3n) is 4.58. The second-order valence-corrected chi connectivity index (χ2v) is 6.75. The standard InChI is InChI=1S/C20H17ClN2O3.ClH/c1-10-4-5-13(6-15(10)21)23-20(24)19-11(2)14-7-17-18(26-9-25-17)8-16(14)22-12(19)3;/h4-8H,9H2,1-3H3,(H,23,24);1H. The number of anilines is 1. The third kappa shape index (κ3) is 3.40. The van der Waals surface area contributed by atoms with E-state index in [9.17, 15) is 4.79 Å². The zero-order chi connectivity index (χ0) is 18.4. The van der Waals surface area contributed by atoms with Crippen LogP contribution in [-0.2, 0) is 0 Å². The van der Waals surface area contributed by atoms with Gasteiger partial charge in [0.1, 0.15) is 0 Å². The number of aryl methyl sites for hydroxylation is 3. The van der Waals surface area contributed by atoms with Crippen LogP contribution in [0, 0.1) is 20.8 Å². The van der Waals surface area contributed by atoms with Gasteiger partial charge < -0.3 is 14.8 Å². The summed E-state index contributed by atoms with van der Waals surface area (Å²) < 4.78 is 10.9. The molecule has 140 valence electrons. The van der Waals surface area contributed by atoms with Gasteiger partial charge in [-0.1, -0.05) is 17.7 Å². The summed E-state index contributed by atoms with van der Waals surface area (Å²) in [6.45, 7) is 5.86. The number of carbonyl (C=O) groups excluding carboxylic acids is 1. The fourth-order valence-electron chi connectivity index (χ4n) is 3.17. The quantitative estimate of drug-likeness (QED) is 0.636. The Bertz CT molecular complexity index is 1070. The van der Waals surface area contributed by atoms with Crippen molar-refractivity contribution in [2.24, 2.45) is 0 Å².